The van der Waals surface area contributed by atoms with E-state index in [-0.39, 0.29) is 0 Å². The molecule has 0 unspecified atom stereocenters. The van der Waals surface area contributed by atoms with Gasteiger partial charge in [-0.1, -0.05) is 0 Å². The second-order valence-electron chi connectivity index (χ2n) is 2.34. The van der Waals surface area contributed by atoms with E-state index in [0.717, 1.165) is 5.84 Å². The fourth-order valence-electron chi connectivity index (χ4n) is 0.583. The van der Waals surface area contributed by atoms with E-state index in [4.69, 9.17) is 0 Å². The first-order chi connectivity index (χ1) is 4.66. The van der Waals surface area contributed by atoms with Gasteiger partial charge in [0.25, 0.3) is 0 Å². The fraction of sp³-hybridized carbons (Fsp3) is 0.714. The molecule has 0 aromatic heterocycles. The summed E-state index contributed by atoms with van der Waals surface area (Å²) in [4.78, 5) is 8.00. The fourth-order valence-corrected chi connectivity index (χ4v) is 0.583. The van der Waals surface area contributed by atoms with Crippen molar-refractivity contribution in [1.29, 1.82) is 0 Å². The highest BCUT2D eigenvalue weighted by molar-refractivity contribution is 5.89. The number of nitrogens with one attached hydrogen (secondary N) is 1. The molecule has 58 valence electrons. The third-order valence-corrected chi connectivity index (χ3v) is 0.854. The van der Waals surface area contributed by atoms with Gasteiger partial charge in [-0.05, 0) is 20.8 Å². The molecule has 0 fully saturated rings. The molecule has 0 aromatic rings. The highest BCUT2D eigenvalue weighted by atomic mass is 15.0. The largest absolute Gasteiger partial charge is 0.336 e. The van der Waals surface area contributed by atoms with Crippen LogP contribution in [0.5, 0.6) is 0 Å². The van der Waals surface area contributed by atoms with Crippen LogP contribution in [0.15, 0.2) is 9.98 Å². The van der Waals surface area contributed by atoms with Crippen LogP contribution in [0.25, 0.3) is 0 Å². The molecule has 0 aliphatic carbocycles. The SMILES string of the molecule is CN=CNC(C)=NC(C)C. The van der Waals surface area contributed by atoms with Crippen molar-refractivity contribution in [3.63, 3.8) is 0 Å². The summed E-state index contributed by atoms with van der Waals surface area (Å²) in [7, 11) is 1.72. The van der Waals surface area contributed by atoms with Crippen LogP contribution >= 0.6 is 0 Å². The van der Waals surface area contributed by atoms with E-state index in [1.807, 2.05) is 20.8 Å². The Morgan fingerprint density at radius 3 is 2.50 bits per heavy atom. The van der Waals surface area contributed by atoms with E-state index in [9.17, 15) is 0 Å². The standard InChI is InChI=1S/C7H15N3/c1-6(2)10-7(3)9-5-8-4/h5-6H,1-4H3,(H,8,9,10). The van der Waals surface area contributed by atoms with E-state index in [2.05, 4.69) is 15.3 Å². The molecule has 0 amide bonds. The summed E-state index contributed by atoms with van der Waals surface area (Å²) in [6.45, 7) is 5.99. The lowest BCUT2D eigenvalue weighted by molar-refractivity contribution is 0.829. The van der Waals surface area contributed by atoms with Crippen molar-refractivity contribution in [3.05, 3.63) is 0 Å². The van der Waals surface area contributed by atoms with Gasteiger partial charge in [-0.15, -0.1) is 0 Å². The van der Waals surface area contributed by atoms with Gasteiger partial charge < -0.3 is 5.32 Å². The molecule has 0 aliphatic heterocycles. The second-order valence-corrected chi connectivity index (χ2v) is 2.34. The normalized spacial score (nSPS) is 13.1. The third kappa shape index (κ3) is 5.28. The summed E-state index contributed by atoms with van der Waals surface area (Å²) >= 11 is 0. The van der Waals surface area contributed by atoms with Crippen molar-refractivity contribution < 1.29 is 0 Å². The molecule has 0 spiro atoms. The monoisotopic (exact) mass is 141 g/mol. The van der Waals surface area contributed by atoms with E-state index in [1.165, 1.54) is 0 Å². The second kappa shape index (κ2) is 4.97. The molecule has 0 aromatic carbocycles. The van der Waals surface area contributed by atoms with Crippen LogP contribution in [0.1, 0.15) is 20.8 Å². The number of hydrogen-bond donors (Lipinski definition) is 1. The van der Waals surface area contributed by atoms with Gasteiger partial charge in [0, 0.05) is 13.1 Å². The van der Waals surface area contributed by atoms with Crippen molar-refractivity contribution in [1.82, 2.24) is 5.32 Å². The lowest BCUT2D eigenvalue weighted by atomic mass is 10.4. The molecule has 0 bridgehead atoms. The molecule has 3 heteroatoms. The molecule has 0 radical (unpaired) electrons. The smallest absolute Gasteiger partial charge is 0.0985 e. The maximum atomic E-state index is 4.23. The average molecular weight is 141 g/mol. The molecular formula is C7H15N3. The quantitative estimate of drug-likeness (QED) is 0.453. The van der Waals surface area contributed by atoms with Crippen LogP contribution in [0.4, 0.5) is 0 Å². The molecule has 0 atom stereocenters. The number of rotatable bonds is 2. The van der Waals surface area contributed by atoms with Crippen LogP contribution in [0.2, 0.25) is 0 Å². The zero-order valence-corrected chi connectivity index (χ0v) is 7.05. The predicted octanol–water partition coefficient (Wildman–Crippen LogP) is 1.06. The Morgan fingerprint density at radius 2 is 2.10 bits per heavy atom. The van der Waals surface area contributed by atoms with E-state index in [1.54, 1.807) is 13.4 Å². The van der Waals surface area contributed by atoms with Gasteiger partial charge in [0.15, 0.2) is 0 Å². The first-order valence-electron chi connectivity index (χ1n) is 3.38. The van der Waals surface area contributed by atoms with Crippen molar-refractivity contribution >= 4 is 12.2 Å². The minimum atomic E-state index is 0.345. The van der Waals surface area contributed by atoms with E-state index >= 15 is 0 Å². The number of nitrogens with zero attached hydrogens (tertiary/aromatic N) is 2. The lowest BCUT2D eigenvalue weighted by Gasteiger charge is -2.00. The number of amidine groups is 1. The summed E-state index contributed by atoms with van der Waals surface area (Å²) in [6, 6.07) is 0.345. The first-order valence-corrected chi connectivity index (χ1v) is 3.38. The molecule has 0 saturated carbocycles. The van der Waals surface area contributed by atoms with Gasteiger partial charge in [-0.3, -0.25) is 9.98 Å². The van der Waals surface area contributed by atoms with Crippen LogP contribution < -0.4 is 5.32 Å². The van der Waals surface area contributed by atoms with Crippen molar-refractivity contribution in [3.8, 4) is 0 Å². The van der Waals surface area contributed by atoms with Gasteiger partial charge in [-0.2, -0.15) is 0 Å². The molecular weight excluding hydrogens is 126 g/mol. The predicted molar refractivity (Wildman–Crippen MR) is 45.8 cm³/mol. The molecule has 10 heavy (non-hydrogen) atoms. The Kier molecular flexibility index (Phi) is 4.54. The Morgan fingerprint density at radius 1 is 1.50 bits per heavy atom. The number of aliphatic imine (C=N–C) groups is 2. The summed E-state index contributed by atoms with van der Waals surface area (Å²) in [6.07, 6.45) is 1.63. The van der Waals surface area contributed by atoms with Crippen molar-refractivity contribution in [2.24, 2.45) is 9.98 Å². The molecule has 0 rings (SSSR count). The first kappa shape index (κ1) is 9.14. The third-order valence-electron chi connectivity index (χ3n) is 0.854. The molecule has 1 N–H and O–H groups in total. The van der Waals surface area contributed by atoms with Gasteiger partial charge in [-0.25, -0.2) is 0 Å². The zero-order chi connectivity index (χ0) is 7.98. The van der Waals surface area contributed by atoms with Crippen LogP contribution in [0, 0.1) is 0 Å². The topological polar surface area (TPSA) is 36.8 Å². The maximum absolute atomic E-state index is 4.23. The summed E-state index contributed by atoms with van der Waals surface area (Å²) in [5.41, 5.74) is 0. The van der Waals surface area contributed by atoms with Gasteiger partial charge in [0.05, 0.1) is 12.2 Å². The summed E-state index contributed by atoms with van der Waals surface area (Å²) < 4.78 is 0. The van der Waals surface area contributed by atoms with Crippen LogP contribution in [-0.4, -0.2) is 25.3 Å². The minimum absolute atomic E-state index is 0.345. The Balaban J connectivity index is 3.71. The maximum Gasteiger partial charge on any atom is 0.0985 e. The highest BCUT2D eigenvalue weighted by Gasteiger charge is 1.88. The summed E-state index contributed by atoms with van der Waals surface area (Å²) in [5, 5.41) is 2.92. The van der Waals surface area contributed by atoms with Gasteiger partial charge >= 0.3 is 0 Å². The minimum Gasteiger partial charge on any atom is -0.336 e. The Bertz CT molecular complexity index is 136. The molecule has 0 aliphatic rings. The van der Waals surface area contributed by atoms with Crippen LogP contribution in [-0.2, 0) is 0 Å². The average Bonchev–Trinajstić information content (AvgIpc) is 1.82. The van der Waals surface area contributed by atoms with E-state index in [0.29, 0.717) is 6.04 Å². The highest BCUT2D eigenvalue weighted by Crippen LogP contribution is 1.84. The zero-order valence-electron chi connectivity index (χ0n) is 7.05. The Labute approximate surface area is 62.3 Å². The lowest BCUT2D eigenvalue weighted by Crippen LogP contribution is -2.19. The van der Waals surface area contributed by atoms with Gasteiger partial charge in [0.1, 0.15) is 0 Å². The van der Waals surface area contributed by atoms with Crippen molar-refractivity contribution in [2.75, 3.05) is 7.05 Å². The molecule has 0 heterocycles. The van der Waals surface area contributed by atoms with E-state index < -0.39 is 0 Å². The van der Waals surface area contributed by atoms with Crippen LogP contribution in [0.3, 0.4) is 0 Å². The van der Waals surface area contributed by atoms with Gasteiger partial charge in [0.2, 0.25) is 0 Å². The molecule has 0 saturated heterocycles. The summed E-state index contributed by atoms with van der Waals surface area (Å²) in [5.74, 6) is 0.903. The van der Waals surface area contributed by atoms with Crippen molar-refractivity contribution in [2.45, 2.75) is 26.8 Å². The molecule has 3 nitrogen and oxygen atoms in total. The number of hydrogen-bond acceptors (Lipinski definition) is 2. The Hall–Kier alpha value is -0.860.